The Hall–Kier alpha value is -1.53. The van der Waals surface area contributed by atoms with Crippen LogP contribution in [0.3, 0.4) is 0 Å². The number of benzene rings is 1. The average Bonchev–Trinajstić information content (AvgIpc) is 2.35. The molecule has 0 bridgehead atoms. The van der Waals surface area contributed by atoms with Crippen molar-refractivity contribution in [1.29, 1.82) is 0 Å². The van der Waals surface area contributed by atoms with E-state index in [0.717, 1.165) is 16.0 Å². The highest BCUT2D eigenvalue weighted by Gasteiger charge is 2.16. The zero-order chi connectivity index (χ0) is 16.8. The molecule has 122 valence electrons. The van der Waals surface area contributed by atoms with E-state index in [-0.39, 0.29) is 25.6 Å². The summed E-state index contributed by atoms with van der Waals surface area (Å²) < 4.78 is 15.1. The van der Waals surface area contributed by atoms with Crippen molar-refractivity contribution in [2.75, 3.05) is 13.7 Å². The van der Waals surface area contributed by atoms with Crippen molar-refractivity contribution in [3.05, 3.63) is 29.3 Å². The first-order valence-corrected chi connectivity index (χ1v) is 7.32. The Balaban J connectivity index is 2.55. The standard InChI is InChI=1S/C16H22O5S/c1-16(2,3)21-15(18)10-20-9-12-5-11(6-13(22)7-12)8-14(17)19-4/h5-7,22H,8-10H2,1-4H3. The van der Waals surface area contributed by atoms with Gasteiger partial charge in [0.1, 0.15) is 12.2 Å². The molecule has 0 radical (unpaired) electrons. The lowest BCUT2D eigenvalue weighted by Crippen LogP contribution is -2.26. The van der Waals surface area contributed by atoms with E-state index in [0.29, 0.717) is 0 Å². The van der Waals surface area contributed by atoms with Gasteiger partial charge in [-0.3, -0.25) is 4.79 Å². The summed E-state index contributed by atoms with van der Waals surface area (Å²) in [5.74, 6) is -0.733. The number of carbonyl (C=O) groups excluding carboxylic acids is 2. The van der Waals surface area contributed by atoms with Crippen LogP contribution < -0.4 is 0 Å². The van der Waals surface area contributed by atoms with Crippen molar-refractivity contribution in [3.8, 4) is 0 Å². The van der Waals surface area contributed by atoms with E-state index < -0.39 is 11.6 Å². The van der Waals surface area contributed by atoms with Crippen molar-refractivity contribution < 1.29 is 23.8 Å². The van der Waals surface area contributed by atoms with Crippen LogP contribution in [0.15, 0.2) is 23.1 Å². The molecule has 5 nitrogen and oxygen atoms in total. The monoisotopic (exact) mass is 326 g/mol. The number of carbonyl (C=O) groups is 2. The zero-order valence-corrected chi connectivity index (χ0v) is 14.2. The molecule has 0 aromatic heterocycles. The van der Waals surface area contributed by atoms with Crippen molar-refractivity contribution in [2.45, 2.75) is 44.3 Å². The zero-order valence-electron chi connectivity index (χ0n) is 13.3. The molecule has 0 saturated carbocycles. The van der Waals surface area contributed by atoms with Gasteiger partial charge in [-0.2, -0.15) is 0 Å². The van der Waals surface area contributed by atoms with Crippen LogP contribution >= 0.6 is 12.6 Å². The molecule has 0 heterocycles. The van der Waals surface area contributed by atoms with Gasteiger partial charge < -0.3 is 14.2 Å². The van der Waals surface area contributed by atoms with Gasteiger partial charge in [0.15, 0.2) is 0 Å². The lowest BCUT2D eigenvalue weighted by atomic mass is 10.1. The summed E-state index contributed by atoms with van der Waals surface area (Å²) in [5.41, 5.74) is 1.09. The minimum absolute atomic E-state index is 0.125. The lowest BCUT2D eigenvalue weighted by molar-refractivity contribution is -0.160. The Bertz CT molecular complexity index is 534. The van der Waals surface area contributed by atoms with Crippen molar-refractivity contribution >= 4 is 24.6 Å². The third kappa shape index (κ3) is 7.47. The topological polar surface area (TPSA) is 61.8 Å². The molecule has 1 aromatic carbocycles. The predicted molar refractivity (Wildman–Crippen MR) is 84.9 cm³/mol. The first-order chi connectivity index (χ1) is 10.2. The molecule has 22 heavy (non-hydrogen) atoms. The molecule has 1 rings (SSSR count). The average molecular weight is 326 g/mol. The number of methoxy groups -OCH3 is 1. The fraction of sp³-hybridized carbons (Fsp3) is 0.500. The normalized spacial score (nSPS) is 11.1. The fourth-order valence-electron chi connectivity index (χ4n) is 1.79. The number of ether oxygens (including phenoxy) is 3. The van der Waals surface area contributed by atoms with Crippen LogP contribution in [0.1, 0.15) is 31.9 Å². The number of esters is 2. The lowest BCUT2D eigenvalue weighted by Gasteiger charge is -2.19. The summed E-state index contributed by atoms with van der Waals surface area (Å²) in [6.45, 7) is 5.51. The Labute approximate surface area is 136 Å². The SMILES string of the molecule is COC(=O)Cc1cc(S)cc(COCC(=O)OC(C)(C)C)c1. The number of hydrogen-bond donors (Lipinski definition) is 1. The van der Waals surface area contributed by atoms with Gasteiger partial charge in [-0.25, -0.2) is 4.79 Å². The minimum atomic E-state index is -0.529. The van der Waals surface area contributed by atoms with Gasteiger partial charge in [-0.15, -0.1) is 12.6 Å². The van der Waals surface area contributed by atoms with Crippen molar-refractivity contribution in [3.63, 3.8) is 0 Å². The van der Waals surface area contributed by atoms with E-state index in [2.05, 4.69) is 17.4 Å². The van der Waals surface area contributed by atoms with Crippen LogP contribution in [0.25, 0.3) is 0 Å². The van der Waals surface area contributed by atoms with E-state index in [1.54, 1.807) is 26.8 Å². The van der Waals surface area contributed by atoms with E-state index in [1.807, 2.05) is 12.1 Å². The molecule has 1 aromatic rings. The molecule has 0 unspecified atom stereocenters. The minimum Gasteiger partial charge on any atom is -0.469 e. The summed E-state index contributed by atoms with van der Waals surface area (Å²) >= 11 is 4.30. The molecule has 0 aliphatic rings. The molecule has 0 N–H and O–H groups in total. The predicted octanol–water partition coefficient (Wildman–Crippen LogP) is 2.55. The third-order valence-electron chi connectivity index (χ3n) is 2.52. The Morgan fingerprint density at radius 1 is 1.09 bits per heavy atom. The van der Waals surface area contributed by atoms with Gasteiger partial charge >= 0.3 is 11.9 Å². The molecule has 0 fully saturated rings. The molecule has 0 aliphatic carbocycles. The van der Waals surface area contributed by atoms with Crippen LogP contribution in [0.5, 0.6) is 0 Å². The third-order valence-corrected chi connectivity index (χ3v) is 2.78. The molecular formula is C16H22O5S. The molecular weight excluding hydrogens is 304 g/mol. The molecule has 0 amide bonds. The molecule has 0 spiro atoms. The maximum atomic E-state index is 11.5. The smallest absolute Gasteiger partial charge is 0.332 e. The molecule has 0 aliphatic heterocycles. The van der Waals surface area contributed by atoms with Gasteiger partial charge in [0.05, 0.1) is 20.1 Å². The van der Waals surface area contributed by atoms with Crippen LogP contribution in [-0.2, 0) is 36.8 Å². The van der Waals surface area contributed by atoms with Gasteiger partial charge in [-0.05, 0) is 44.0 Å². The molecule has 6 heteroatoms. The molecule has 0 saturated heterocycles. The highest BCUT2D eigenvalue weighted by Crippen LogP contribution is 2.16. The second-order valence-corrected chi connectivity index (χ2v) is 6.36. The second-order valence-electron chi connectivity index (χ2n) is 5.84. The maximum absolute atomic E-state index is 11.5. The van der Waals surface area contributed by atoms with Crippen LogP contribution in [0, 0.1) is 0 Å². The maximum Gasteiger partial charge on any atom is 0.332 e. The van der Waals surface area contributed by atoms with Crippen molar-refractivity contribution in [2.24, 2.45) is 0 Å². The Kier molecular flexibility index (Phi) is 6.90. The van der Waals surface area contributed by atoms with Gasteiger partial charge in [-0.1, -0.05) is 6.07 Å². The number of hydrogen-bond acceptors (Lipinski definition) is 6. The van der Waals surface area contributed by atoms with Gasteiger partial charge in [0, 0.05) is 4.90 Å². The van der Waals surface area contributed by atoms with Gasteiger partial charge in [0.2, 0.25) is 0 Å². The Morgan fingerprint density at radius 3 is 2.32 bits per heavy atom. The summed E-state index contributed by atoms with van der Waals surface area (Å²) in [5, 5.41) is 0. The summed E-state index contributed by atoms with van der Waals surface area (Å²) in [6.07, 6.45) is 0.171. The largest absolute Gasteiger partial charge is 0.469 e. The van der Waals surface area contributed by atoms with Crippen molar-refractivity contribution in [1.82, 2.24) is 0 Å². The first-order valence-electron chi connectivity index (χ1n) is 6.88. The Morgan fingerprint density at radius 2 is 1.73 bits per heavy atom. The first kappa shape index (κ1) is 18.5. The second kappa shape index (κ2) is 8.19. The van der Waals surface area contributed by atoms with Crippen LogP contribution in [-0.4, -0.2) is 31.3 Å². The van der Waals surface area contributed by atoms with E-state index in [9.17, 15) is 9.59 Å². The van der Waals surface area contributed by atoms with E-state index in [1.165, 1.54) is 7.11 Å². The summed E-state index contributed by atoms with van der Waals surface area (Å²) in [4.78, 5) is 23.6. The molecule has 0 atom stereocenters. The van der Waals surface area contributed by atoms with Gasteiger partial charge in [0.25, 0.3) is 0 Å². The fourth-order valence-corrected chi connectivity index (χ4v) is 2.12. The van der Waals surface area contributed by atoms with E-state index >= 15 is 0 Å². The summed E-state index contributed by atoms with van der Waals surface area (Å²) in [6, 6.07) is 5.43. The summed E-state index contributed by atoms with van der Waals surface area (Å²) in [7, 11) is 1.34. The van der Waals surface area contributed by atoms with E-state index in [4.69, 9.17) is 9.47 Å². The quantitative estimate of drug-likeness (QED) is 0.643. The highest BCUT2D eigenvalue weighted by molar-refractivity contribution is 7.80. The number of rotatable bonds is 6. The van der Waals surface area contributed by atoms with Crippen LogP contribution in [0.2, 0.25) is 0 Å². The number of thiol groups is 1. The van der Waals surface area contributed by atoms with Crippen LogP contribution in [0.4, 0.5) is 0 Å². The highest BCUT2D eigenvalue weighted by atomic mass is 32.1.